The molecule has 0 radical (unpaired) electrons. The van der Waals surface area contributed by atoms with Crippen LogP contribution in [0.15, 0.2) is 18.2 Å². The molecule has 0 saturated carbocycles. The zero-order valence-corrected chi connectivity index (χ0v) is 10.6. The van der Waals surface area contributed by atoms with Gasteiger partial charge < -0.3 is 10.0 Å². The second-order valence-corrected chi connectivity index (χ2v) is 5.07. The topological polar surface area (TPSA) is 40.5 Å². The number of carbonyl (C=O) groups is 1. The van der Waals surface area contributed by atoms with Crippen LogP contribution >= 0.6 is 11.6 Å². The van der Waals surface area contributed by atoms with Gasteiger partial charge in [-0.1, -0.05) is 18.5 Å². The van der Waals surface area contributed by atoms with Gasteiger partial charge in [-0.3, -0.25) is 4.79 Å². The van der Waals surface area contributed by atoms with Crippen molar-refractivity contribution in [2.45, 2.75) is 19.8 Å². The molecule has 1 N–H and O–H groups in total. The van der Waals surface area contributed by atoms with Gasteiger partial charge >= 0.3 is 0 Å². The molecular formula is C13H16ClNO2. The first-order valence-electron chi connectivity index (χ1n) is 5.85. The van der Waals surface area contributed by atoms with Gasteiger partial charge in [0.05, 0.1) is 5.02 Å². The molecule has 1 aliphatic rings. The van der Waals surface area contributed by atoms with Gasteiger partial charge in [0.1, 0.15) is 5.75 Å². The molecule has 1 heterocycles. The molecule has 0 aliphatic carbocycles. The maximum Gasteiger partial charge on any atom is 0.253 e. The Hall–Kier alpha value is -1.22. The molecule has 92 valence electrons. The molecule has 1 aromatic carbocycles. The van der Waals surface area contributed by atoms with E-state index in [2.05, 4.69) is 6.92 Å². The molecule has 1 aliphatic heterocycles. The first-order chi connectivity index (χ1) is 8.08. The molecule has 0 unspecified atom stereocenters. The Bertz CT molecular complexity index is 433. The summed E-state index contributed by atoms with van der Waals surface area (Å²) in [5.41, 5.74) is 0.543. The summed E-state index contributed by atoms with van der Waals surface area (Å²) in [6, 6.07) is 4.60. The number of carbonyl (C=O) groups excluding carboxylic acids is 1. The molecule has 1 aromatic rings. The van der Waals surface area contributed by atoms with Crippen LogP contribution in [0, 0.1) is 5.92 Å². The van der Waals surface area contributed by atoms with Gasteiger partial charge in [0.15, 0.2) is 0 Å². The summed E-state index contributed by atoms with van der Waals surface area (Å²) in [6.45, 7) is 3.77. The lowest BCUT2D eigenvalue weighted by Crippen LogP contribution is -2.39. The van der Waals surface area contributed by atoms with Crippen LogP contribution in [0.4, 0.5) is 0 Å². The predicted molar refractivity (Wildman–Crippen MR) is 67.4 cm³/mol. The third-order valence-electron chi connectivity index (χ3n) is 3.14. The van der Waals surface area contributed by atoms with E-state index in [1.54, 1.807) is 6.07 Å². The van der Waals surface area contributed by atoms with Gasteiger partial charge in [-0.2, -0.15) is 0 Å². The van der Waals surface area contributed by atoms with Crippen molar-refractivity contribution in [1.82, 2.24) is 4.90 Å². The van der Waals surface area contributed by atoms with Crippen LogP contribution < -0.4 is 0 Å². The van der Waals surface area contributed by atoms with Crippen LogP contribution in [0.1, 0.15) is 30.1 Å². The maximum atomic E-state index is 12.2. The van der Waals surface area contributed by atoms with Crippen LogP contribution in [0.2, 0.25) is 5.02 Å². The lowest BCUT2D eigenvalue weighted by molar-refractivity contribution is 0.0683. The number of hydrogen-bond acceptors (Lipinski definition) is 2. The van der Waals surface area contributed by atoms with Crippen molar-refractivity contribution >= 4 is 17.5 Å². The van der Waals surface area contributed by atoms with Crippen LogP contribution in [0.3, 0.4) is 0 Å². The molecule has 1 amide bonds. The number of benzene rings is 1. The van der Waals surface area contributed by atoms with Crippen molar-refractivity contribution in [3.05, 3.63) is 28.8 Å². The number of amides is 1. The van der Waals surface area contributed by atoms with Crippen molar-refractivity contribution in [2.24, 2.45) is 5.92 Å². The number of aromatic hydroxyl groups is 1. The monoisotopic (exact) mass is 253 g/mol. The van der Waals surface area contributed by atoms with E-state index in [1.807, 2.05) is 4.90 Å². The highest BCUT2D eigenvalue weighted by Gasteiger charge is 2.22. The van der Waals surface area contributed by atoms with Crippen molar-refractivity contribution in [3.63, 3.8) is 0 Å². The minimum absolute atomic E-state index is 0.00144. The molecular weight excluding hydrogens is 238 g/mol. The van der Waals surface area contributed by atoms with Crippen molar-refractivity contribution < 1.29 is 9.90 Å². The highest BCUT2D eigenvalue weighted by atomic mass is 35.5. The smallest absolute Gasteiger partial charge is 0.253 e. The van der Waals surface area contributed by atoms with E-state index in [1.165, 1.54) is 18.6 Å². The number of nitrogens with zero attached hydrogens (tertiary/aromatic N) is 1. The summed E-state index contributed by atoms with van der Waals surface area (Å²) in [4.78, 5) is 14.1. The van der Waals surface area contributed by atoms with Crippen molar-refractivity contribution in [3.8, 4) is 5.75 Å². The molecule has 3 nitrogen and oxygen atoms in total. The van der Waals surface area contributed by atoms with Crippen LogP contribution in [0.25, 0.3) is 0 Å². The molecule has 0 bridgehead atoms. The zero-order chi connectivity index (χ0) is 12.4. The van der Waals surface area contributed by atoms with E-state index >= 15 is 0 Å². The van der Waals surface area contributed by atoms with Gasteiger partial charge in [0.25, 0.3) is 5.91 Å². The molecule has 1 atom stereocenters. The second-order valence-electron chi connectivity index (χ2n) is 4.66. The van der Waals surface area contributed by atoms with Gasteiger partial charge in [0.2, 0.25) is 0 Å². The molecule has 0 aromatic heterocycles. The largest absolute Gasteiger partial charge is 0.506 e. The van der Waals surface area contributed by atoms with E-state index in [0.29, 0.717) is 11.5 Å². The molecule has 4 heteroatoms. The van der Waals surface area contributed by atoms with Gasteiger partial charge in [0, 0.05) is 18.7 Å². The van der Waals surface area contributed by atoms with Gasteiger partial charge in [-0.05, 0) is 37.0 Å². The maximum absolute atomic E-state index is 12.2. The number of hydrogen-bond donors (Lipinski definition) is 1. The Morgan fingerprint density at radius 2 is 2.29 bits per heavy atom. The van der Waals surface area contributed by atoms with E-state index in [-0.39, 0.29) is 16.7 Å². The van der Waals surface area contributed by atoms with E-state index in [0.717, 1.165) is 19.5 Å². The summed E-state index contributed by atoms with van der Waals surface area (Å²) < 4.78 is 0. The Kier molecular flexibility index (Phi) is 3.57. The fourth-order valence-corrected chi connectivity index (χ4v) is 2.38. The summed E-state index contributed by atoms with van der Waals surface area (Å²) in [5.74, 6) is 0.564. The van der Waals surface area contributed by atoms with Gasteiger partial charge in [-0.25, -0.2) is 0 Å². The van der Waals surface area contributed by atoms with E-state index in [9.17, 15) is 9.90 Å². The Morgan fingerprint density at radius 1 is 1.53 bits per heavy atom. The number of rotatable bonds is 1. The van der Waals surface area contributed by atoms with Crippen LogP contribution in [-0.4, -0.2) is 29.0 Å². The van der Waals surface area contributed by atoms with E-state index < -0.39 is 0 Å². The fraction of sp³-hybridized carbons (Fsp3) is 0.462. The highest BCUT2D eigenvalue weighted by Crippen LogP contribution is 2.25. The lowest BCUT2D eigenvalue weighted by atomic mass is 9.99. The fourth-order valence-electron chi connectivity index (χ4n) is 2.20. The van der Waals surface area contributed by atoms with Crippen molar-refractivity contribution in [1.29, 1.82) is 0 Å². The number of phenols is 1. The first-order valence-corrected chi connectivity index (χ1v) is 6.23. The molecule has 1 saturated heterocycles. The van der Waals surface area contributed by atoms with Crippen LogP contribution in [-0.2, 0) is 0 Å². The third kappa shape index (κ3) is 2.72. The molecule has 0 spiro atoms. The lowest BCUT2D eigenvalue weighted by Gasteiger charge is -2.31. The standard InChI is InChI=1S/C13H16ClNO2/c1-9-3-2-6-15(8-9)13(17)10-4-5-12(16)11(14)7-10/h4-5,7,9,16H,2-3,6,8H2,1H3/t9-/m0/s1. The summed E-state index contributed by atoms with van der Waals surface area (Å²) in [5, 5.41) is 9.54. The minimum Gasteiger partial charge on any atom is -0.506 e. The Labute approximate surface area is 106 Å². The number of piperidine rings is 1. The normalized spacial score (nSPS) is 20.4. The first kappa shape index (κ1) is 12.2. The Morgan fingerprint density at radius 3 is 2.94 bits per heavy atom. The van der Waals surface area contributed by atoms with Crippen molar-refractivity contribution in [2.75, 3.05) is 13.1 Å². The zero-order valence-electron chi connectivity index (χ0n) is 9.82. The number of halogens is 1. The highest BCUT2D eigenvalue weighted by molar-refractivity contribution is 6.32. The molecule has 2 rings (SSSR count). The Balaban J connectivity index is 2.15. The number of phenolic OH excluding ortho intramolecular Hbond substituents is 1. The molecule has 17 heavy (non-hydrogen) atoms. The quantitative estimate of drug-likeness (QED) is 0.836. The van der Waals surface area contributed by atoms with Gasteiger partial charge in [-0.15, -0.1) is 0 Å². The summed E-state index contributed by atoms with van der Waals surface area (Å²) >= 11 is 5.80. The van der Waals surface area contributed by atoms with E-state index in [4.69, 9.17) is 11.6 Å². The number of likely N-dealkylation sites (tertiary alicyclic amines) is 1. The minimum atomic E-state index is -0.00144. The predicted octanol–water partition coefficient (Wildman–Crippen LogP) is 2.92. The summed E-state index contributed by atoms with van der Waals surface area (Å²) in [7, 11) is 0. The average molecular weight is 254 g/mol. The van der Waals surface area contributed by atoms with Crippen LogP contribution in [0.5, 0.6) is 5.75 Å². The average Bonchev–Trinajstić information content (AvgIpc) is 2.32. The third-order valence-corrected chi connectivity index (χ3v) is 3.44. The second kappa shape index (κ2) is 4.96. The summed E-state index contributed by atoms with van der Waals surface area (Å²) in [6.07, 6.45) is 2.23. The SMILES string of the molecule is C[C@H]1CCCN(C(=O)c2ccc(O)c(Cl)c2)C1. The molecule has 1 fully saturated rings.